The first-order valence-corrected chi connectivity index (χ1v) is 4.28. The summed E-state index contributed by atoms with van der Waals surface area (Å²) in [5.74, 6) is 5.98. The third kappa shape index (κ3) is 1.49. The fourth-order valence-electron chi connectivity index (χ4n) is 1.04. The van der Waals surface area contributed by atoms with E-state index in [4.69, 9.17) is 11.6 Å². The predicted octanol–water partition coefficient (Wildman–Crippen LogP) is 1.32. The Balaban J connectivity index is 2.58. The molecule has 0 aliphatic rings. The van der Waals surface area contributed by atoms with Gasteiger partial charge in [-0.05, 0) is 6.07 Å². The Morgan fingerprint density at radius 1 is 1.54 bits per heavy atom. The summed E-state index contributed by atoms with van der Waals surface area (Å²) in [6.45, 7) is 0. The van der Waals surface area contributed by atoms with E-state index in [1.54, 1.807) is 16.9 Å². The van der Waals surface area contributed by atoms with Gasteiger partial charge in [-0.15, -0.1) is 11.6 Å². The van der Waals surface area contributed by atoms with Crippen molar-refractivity contribution in [2.45, 2.75) is 0 Å². The molecule has 0 bridgehead atoms. The molecule has 2 aromatic heterocycles. The average Bonchev–Trinajstić information content (AvgIpc) is 2.58. The van der Waals surface area contributed by atoms with Crippen LogP contribution in [-0.4, -0.2) is 20.5 Å². The van der Waals surface area contributed by atoms with Crippen molar-refractivity contribution in [1.29, 1.82) is 0 Å². The van der Waals surface area contributed by atoms with Crippen LogP contribution in [0.5, 0.6) is 0 Å². The van der Waals surface area contributed by atoms with Crippen molar-refractivity contribution in [3.63, 3.8) is 0 Å². The summed E-state index contributed by atoms with van der Waals surface area (Å²) in [5, 5.41) is 4.08. The zero-order valence-corrected chi connectivity index (χ0v) is 7.49. The van der Waals surface area contributed by atoms with Crippen LogP contribution in [0.15, 0.2) is 24.7 Å². The normalized spacial score (nSPS) is 9.62. The molecule has 0 saturated carbocycles. The van der Waals surface area contributed by atoms with Crippen LogP contribution in [0.25, 0.3) is 5.65 Å². The molecule has 0 aliphatic heterocycles. The summed E-state index contributed by atoms with van der Waals surface area (Å²) in [6, 6.07) is 1.82. The van der Waals surface area contributed by atoms with E-state index >= 15 is 0 Å². The number of aromatic nitrogens is 3. The average molecular weight is 192 g/mol. The Morgan fingerprint density at radius 2 is 2.46 bits per heavy atom. The maximum absolute atomic E-state index is 5.45. The number of halogens is 1. The molecule has 0 spiro atoms. The maximum atomic E-state index is 5.45. The SMILES string of the molecule is ClCC#Cc1cnn2cccnc12. The van der Waals surface area contributed by atoms with E-state index in [1.807, 2.05) is 12.3 Å². The molecule has 2 rings (SSSR count). The zero-order chi connectivity index (χ0) is 9.10. The summed E-state index contributed by atoms with van der Waals surface area (Å²) in [7, 11) is 0. The van der Waals surface area contributed by atoms with Gasteiger partial charge < -0.3 is 0 Å². The first-order chi connectivity index (χ1) is 6.42. The number of hydrogen-bond acceptors (Lipinski definition) is 2. The van der Waals surface area contributed by atoms with E-state index in [2.05, 4.69) is 21.9 Å². The number of alkyl halides is 1. The summed E-state index contributed by atoms with van der Waals surface area (Å²) >= 11 is 5.45. The van der Waals surface area contributed by atoms with Crippen molar-refractivity contribution in [3.8, 4) is 11.8 Å². The monoisotopic (exact) mass is 191 g/mol. The van der Waals surface area contributed by atoms with Gasteiger partial charge >= 0.3 is 0 Å². The highest BCUT2D eigenvalue weighted by molar-refractivity contribution is 6.19. The molecular weight excluding hydrogens is 186 g/mol. The van der Waals surface area contributed by atoms with Crippen molar-refractivity contribution in [2.75, 3.05) is 5.88 Å². The summed E-state index contributed by atoms with van der Waals surface area (Å²) in [6.07, 6.45) is 5.22. The molecule has 3 nitrogen and oxygen atoms in total. The second-order valence-corrected chi connectivity index (χ2v) is 2.65. The molecule has 0 saturated heterocycles. The van der Waals surface area contributed by atoms with Crippen molar-refractivity contribution in [3.05, 3.63) is 30.2 Å². The largest absolute Gasteiger partial charge is 0.236 e. The number of fused-ring (bicyclic) bond motifs is 1. The van der Waals surface area contributed by atoms with Crippen LogP contribution in [0.1, 0.15) is 5.56 Å². The van der Waals surface area contributed by atoms with Gasteiger partial charge in [-0.1, -0.05) is 11.8 Å². The number of rotatable bonds is 0. The van der Waals surface area contributed by atoms with Crippen molar-refractivity contribution < 1.29 is 0 Å². The van der Waals surface area contributed by atoms with Crippen molar-refractivity contribution >= 4 is 17.2 Å². The molecular formula is C9H6ClN3. The van der Waals surface area contributed by atoms with Crippen LogP contribution in [0.2, 0.25) is 0 Å². The molecule has 0 unspecified atom stereocenters. The van der Waals surface area contributed by atoms with Gasteiger partial charge in [0.05, 0.1) is 17.6 Å². The first kappa shape index (κ1) is 8.09. The molecule has 0 N–H and O–H groups in total. The second-order valence-electron chi connectivity index (χ2n) is 2.38. The fourth-order valence-corrected chi connectivity index (χ4v) is 1.11. The van der Waals surface area contributed by atoms with E-state index in [1.165, 1.54) is 0 Å². The van der Waals surface area contributed by atoms with E-state index in [9.17, 15) is 0 Å². The lowest BCUT2D eigenvalue weighted by molar-refractivity contribution is 0.939. The molecule has 0 fully saturated rings. The van der Waals surface area contributed by atoms with Gasteiger partial charge in [-0.25, -0.2) is 9.50 Å². The van der Waals surface area contributed by atoms with Gasteiger partial charge in [0.25, 0.3) is 0 Å². The van der Waals surface area contributed by atoms with Gasteiger partial charge in [-0.3, -0.25) is 0 Å². The van der Waals surface area contributed by atoms with E-state index < -0.39 is 0 Å². The third-order valence-electron chi connectivity index (χ3n) is 1.57. The molecule has 64 valence electrons. The summed E-state index contributed by atoms with van der Waals surface area (Å²) < 4.78 is 1.68. The van der Waals surface area contributed by atoms with Crippen molar-refractivity contribution in [2.24, 2.45) is 0 Å². The second kappa shape index (κ2) is 3.46. The minimum Gasteiger partial charge on any atom is -0.236 e. The van der Waals surface area contributed by atoms with Crippen LogP contribution in [0, 0.1) is 11.8 Å². The summed E-state index contributed by atoms with van der Waals surface area (Å²) in [5.41, 5.74) is 1.57. The Labute approximate surface area is 80.4 Å². The highest BCUT2D eigenvalue weighted by atomic mass is 35.5. The quantitative estimate of drug-likeness (QED) is 0.465. The van der Waals surface area contributed by atoms with Crippen LogP contribution in [0.3, 0.4) is 0 Å². The summed E-state index contributed by atoms with van der Waals surface area (Å²) in [4.78, 5) is 4.15. The van der Waals surface area contributed by atoms with Gasteiger partial charge in [0, 0.05) is 12.4 Å². The molecule has 4 heteroatoms. The smallest absolute Gasteiger partial charge is 0.170 e. The molecule has 2 aromatic rings. The molecule has 0 aliphatic carbocycles. The highest BCUT2D eigenvalue weighted by Gasteiger charge is 1.99. The van der Waals surface area contributed by atoms with Crippen LogP contribution in [-0.2, 0) is 0 Å². The Kier molecular flexibility index (Phi) is 2.15. The third-order valence-corrected chi connectivity index (χ3v) is 1.70. The van der Waals surface area contributed by atoms with Gasteiger partial charge in [-0.2, -0.15) is 5.10 Å². The topological polar surface area (TPSA) is 30.2 Å². The lowest BCUT2D eigenvalue weighted by atomic mass is 10.3. The Hall–Kier alpha value is -1.53. The fraction of sp³-hybridized carbons (Fsp3) is 0.111. The lowest BCUT2D eigenvalue weighted by Gasteiger charge is -1.88. The lowest BCUT2D eigenvalue weighted by Crippen LogP contribution is -1.87. The molecule has 2 heterocycles. The Morgan fingerprint density at radius 3 is 3.31 bits per heavy atom. The number of hydrogen-bond donors (Lipinski definition) is 0. The standard InChI is InChI=1S/C9H6ClN3/c10-4-1-3-8-7-12-13-6-2-5-11-9(8)13/h2,5-7H,4H2. The van der Waals surface area contributed by atoms with Gasteiger partial charge in [0.2, 0.25) is 0 Å². The highest BCUT2D eigenvalue weighted by Crippen LogP contribution is 2.04. The first-order valence-electron chi connectivity index (χ1n) is 3.75. The van der Waals surface area contributed by atoms with Crippen LogP contribution < -0.4 is 0 Å². The molecule has 13 heavy (non-hydrogen) atoms. The van der Waals surface area contributed by atoms with E-state index in [0.29, 0.717) is 5.88 Å². The molecule has 0 aromatic carbocycles. The minimum atomic E-state index is 0.324. The number of nitrogens with zero attached hydrogens (tertiary/aromatic N) is 3. The van der Waals surface area contributed by atoms with E-state index in [0.717, 1.165) is 11.2 Å². The maximum Gasteiger partial charge on any atom is 0.170 e. The van der Waals surface area contributed by atoms with Crippen LogP contribution in [0.4, 0.5) is 0 Å². The zero-order valence-electron chi connectivity index (χ0n) is 6.74. The van der Waals surface area contributed by atoms with E-state index in [-0.39, 0.29) is 0 Å². The minimum absolute atomic E-state index is 0.324. The molecule has 0 radical (unpaired) electrons. The van der Waals surface area contributed by atoms with Gasteiger partial charge in [0.15, 0.2) is 5.65 Å². The van der Waals surface area contributed by atoms with Crippen molar-refractivity contribution in [1.82, 2.24) is 14.6 Å². The van der Waals surface area contributed by atoms with Gasteiger partial charge in [0.1, 0.15) is 0 Å². The molecule has 0 amide bonds. The van der Waals surface area contributed by atoms with Crippen LogP contribution >= 0.6 is 11.6 Å². The predicted molar refractivity (Wildman–Crippen MR) is 50.6 cm³/mol. The Bertz CT molecular complexity index is 478. The molecule has 0 atom stereocenters.